The minimum absolute atomic E-state index is 0.0940. The number of fused-ring (bicyclic) bond motifs is 1. The highest BCUT2D eigenvalue weighted by Crippen LogP contribution is 2.32. The Morgan fingerprint density at radius 2 is 2.20 bits per heavy atom. The number of nitrogens with zero attached hydrogens (tertiary/aromatic N) is 2. The number of carboxylic acids is 1. The summed E-state index contributed by atoms with van der Waals surface area (Å²) in [5.41, 5.74) is 0.344. The van der Waals surface area contributed by atoms with Gasteiger partial charge in [0.15, 0.2) is 0 Å². The molecule has 0 atom stereocenters. The first-order valence-corrected chi connectivity index (χ1v) is 6.56. The van der Waals surface area contributed by atoms with E-state index < -0.39 is 11.5 Å². The topological polar surface area (TPSA) is 83.7 Å². The first-order chi connectivity index (χ1) is 9.59. The number of nitrogens with one attached hydrogen (secondary N) is 1. The predicted octanol–water partition coefficient (Wildman–Crippen LogP) is 1.00. The van der Waals surface area contributed by atoms with Crippen molar-refractivity contribution in [3.8, 4) is 0 Å². The zero-order valence-electron chi connectivity index (χ0n) is 10.9. The van der Waals surface area contributed by atoms with Gasteiger partial charge in [0.2, 0.25) is 5.91 Å². The number of amides is 1. The van der Waals surface area contributed by atoms with E-state index in [-0.39, 0.29) is 12.3 Å². The Morgan fingerprint density at radius 1 is 1.40 bits per heavy atom. The van der Waals surface area contributed by atoms with Gasteiger partial charge in [-0.3, -0.25) is 4.79 Å². The number of imidazole rings is 1. The van der Waals surface area contributed by atoms with Gasteiger partial charge < -0.3 is 14.8 Å². The van der Waals surface area contributed by atoms with Crippen molar-refractivity contribution in [3.63, 3.8) is 0 Å². The molecule has 3 rings (SSSR count). The minimum Gasteiger partial charge on any atom is -0.480 e. The standard InChI is InChI=1S/C14H15N3O3/c18-12(16-14(13(19)20)5-3-6-14)8-10-9-17-7-2-1-4-11(17)15-10/h1-2,4,7,9H,3,5-6,8H2,(H,16,18)(H,19,20). The van der Waals surface area contributed by atoms with E-state index in [2.05, 4.69) is 10.3 Å². The summed E-state index contributed by atoms with van der Waals surface area (Å²) in [5.74, 6) is -1.25. The normalized spacial score (nSPS) is 16.6. The van der Waals surface area contributed by atoms with Crippen molar-refractivity contribution >= 4 is 17.5 Å². The van der Waals surface area contributed by atoms with Gasteiger partial charge in [-0.15, -0.1) is 0 Å². The molecular weight excluding hydrogens is 258 g/mol. The highest BCUT2D eigenvalue weighted by Gasteiger charge is 2.45. The number of hydrogen-bond acceptors (Lipinski definition) is 3. The fraction of sp³-hybridized carbons (Fsp3) is 0.357. The molecule has 20 heavy (non-hydrogen) atoms. The largest absolute Gasteiger partial charge is 0.480 e. The average Bonchev–Trinajstić information content (AvgIpc) is 2.75. The molecule has 0 spiro atoms. The lowest BCUT2D eigenvalue weighted by Crippen LogP contribution is -2.59. The molecular formula is C14H15N3O3. The summed E-state index contributed by atoms with van der Waals surface area (Å²) >= 11 is 0. The van der Waals surface area contributed by atoms with Crippen LogP contribution in [0, 0.1) is 0 Å². The van der Waals surface area contributed by atoms with Crippen LogP contribution in [0.4, 0.5) is 0 Å². The summed E-state index contributed by atoms with van der Waals surface area (Å²) in [7, 11) is 0. The van der Waals surface area contributed by atoms with E-state index in [1.165, 1.54) is 0 Å². The number of hydrogen-bond donors (Lipinski definition) is 2. The van der Waals surface area contributed by atoms with Crippen LogP contribution in [0.25, 0.3) is 5.65 Å². The number of carbonyl (C=O) groups is 2. The maximum absolute atomic E-state index is 12.0. The summed E-state index contributed by atoms with van der Waals surface area (Å²) in [6.07, 6.45) is 5.56. The second-order valence-electron chi connectivity index (χ2n) is 5.16. The van der Waals surface area contributed by atoms with Crippen LogP contribution in [-0.4, -0.2) is 31.9 Å². The molecule has 1 aliphatic carbocycles. The van der Waals surface area contributed by atoms with E-state index in [9.17, 15) is 14.7 Å². The molecule has 2 aromatic heterocycles. The van der Waals surface area contributed by atoms with Crippen molar-refractivity contribution in [1.82, 2.24) is 14.7 Å². The molecule has 0 radical (unpaired) electrons. The van der Waals surface area contributed by atoms with Crippen LogP contribution in [-0.2, 0) is 16.0 Å². The second-order valence-corrected chi connectivity index (χ2v) is 5.16. The first-order valence-electron chi connectivity index (χ1n) is 6.56. The number of aromatic nitrogens is 2. The van der Waals surface area contributed by atoms with Crippen LogP contribution in [0.1, 0.15) is 25.0 Å². The first kappa shape index (κ1) is 12.7. The molecule has 6 nitrogen and oxygen atoms in total. The van der Waals surface area contributed by atoms with E-state index in [1.807, 2.05) is 28.8 Å². The average molecular weight is 273 g/mol. The van der Waals surface area contributed by atoms with Gasteiger partial charge in [-0.25, -0.2) is 9.78 Å². The highest BCUT2D eigenvalue weighted by molar-refractivity contribution is 5.88. The maximum atomic E-state index is 12.0. The van der Waals surface area contributed by atoms with Gasteiger partial charge in [-0.05, 0) is 31.4 Å². The van der Waals surface area contributed by atoms with E-state index in [4.69, 9.17) is 0 Å². The molecule has 2 N–H and O–H groups in total. The van der Waals surface area contributed by atoms with Gasteiger partial charge in [0, 0.05) is 12.4 Å². The molecule has 0 bridgehead atoms. The Kier molecular flexibility index (Phi) is 2.93. The van der Waals surface area contributed by atoms with Crippen LogP contribution in [0.3, 0.4) is 0 Å². The Hall–Kier alpha value is -2.37. The maximum Gasteiger partial charge on any atom is 0.329 e. The van der Waals surface area contributed by atoms with Crippen molar-refractivity contribution in [2.24, 2.45) is 0 Å². The van der Waals surface area contributed by atoms with Gasteiger partial charge in [0.1, 0.15) is 11.2 Å². The minimum atomic E-state index is -1.06. The predicted molar refractivity (Wildman–Crippen MR) is 71.3 cm³/mol. The highest BCUT2D eigenvalue weighted by atomic mass is 16.4. The third-order valence-electron chi connectivity index (χ3n) is 3.75. The third-order valence-corrected chi connectivity index (χ3v) is 3.75. The second kappa shape index (κ2) is 4.63. The summed E-state index contributed by atoms with van der Waals surface area (Å²) < 4.78 is 1.83. The van der Waals surface area contributed by atoms with Crippen LogP contribution >= 0.6 is 0 Å². The lowest BCUT2D eigenvalue weighted by atomic mass is 9.76. The smallest absolute Gasteiger partial charge is 0.329 e. The van der Waals surface area contributed by atoms with Gasteiger partial charge >= 0.3 is 5.97 Å². The SMILES string of the molecule is O=C(Cc1cn2ccccc2n1)NC1(C(=O)O)CCC1. The number of carboxylic acid groups (broad SMARTS) is 1. The van der Waals surface area contributed by atoms with E-state index in [1.54, 1.807) is 6.20 Å². The van der Waals surface area contributed by atoms with E-state index in [0.717, 1.165) is 12.1 Å². The number of aliphatic carboxylic acids is 1. The summed E-state index contributed by atoms with van der Waals surface area (Å²) in [6.45, 7) is 0. The van der Waals surface area contributed by atoms with Gasteiger partial charge in [0.05, 0.1) is 12.1 Å². The lowest BCUT2D eigenvalue weighted by Gasteiger charge is -2.38. The van der Waals surface area contributed by atoms with Gasteiger partial charge in [0.25, 0.3) is 0 Å². The number of carbonyl (C=O) groups excluding carboxylic acids is 1. The van der Waals surface area contributed by atoms with E-state index in [0.29, 0.717) is 18.5 Å². The molecule has 0 aromatic carbocycles. The van der Waals surface area contributed by atoms with Crippen LogP contribution in [0.2, 0.25) is 0 Å². The molecule has 104 valence electrons. The Balaban J connectivity index is 1.71. The summed E-state index contributed by atoms with van der Waals surface area (Å²) in [4.78, 5) is 27.5. The summed E-state index contributed by atoms with van der Waals surface area (Å²) in [5, 5.41) is 11.8. The molecule has 6 heteroatoms. The van der Waals surface area contributed by atoms with Crippen LogP contribution < -0.4 is 5.32 Å². The molecule has 1 saturated carbocycles. The van der Waals surface area contributed by atoms with Crippen molar-refractivity contribution in [1.29, 1.82) is 0 Å². The zero-order chi connectivity index (χ0) is 14.2. The molecule has 0 aliphatic heterocycles. The van der Waals surface area contributed by atoms with Gasteiger partial charge in [-0.1, -0.05) is 6.07 Å². The van der Waals surface area contributed by atoms with Crippen molar-refractivity contribution < 1.29 is 14.7 Å². The fourth-order valence-corrected chi connectivity index (χ4v) is 2.47. The van der Waals surface area contributed by atoms with Crippen molar-refractivity contribution in [3.05, 3.63) is 36.3 Å². The van der Waals surface area contributed by atoms with Crippen LogP contribution in [0.5, 0.6) is 0 Å². The molecule has 2 aromatic rings. The van der Waals surface area contributed by atoms with Crippen molar-refractivity contribution in [2.75, 3.05) is 0 Å². The fourth-order valence-electron chi connectivity index (χ4n) is 2.47. The lowest BCUT2D eigenvalue weighted by molar-refractivity contribution is -0.151. The van der Waals surface area contributed by atoms with Crippen molar-refractivity contribution in [2.45, 2.75) is 31.2 Å². The summed E-state index contributed by atoms with van der Waals surface area (Å²) in [6, 6.07) is 5.61. The molecule has 1 aliphatic rings. The molecule has 0 unspecified atom stereocenters. The van der Waals surface area contributed by atoms with E-state index >= 15 is 0 Å². The van der Waals surface area contributed by atoms with Crippen LogP contribution in [0.15, 0.2) is 30.6 Å². The third kappa shape index (κ3) is 2.13. The molecule has 0 saturated heterocycles. The molecule has 1 amide bonds. The Labute approximate surface area is 115 Å². The molecule has 1 fully saturated rings. The Bertz CT molecular complexity index is 640. The molecule has 2 heterocycles. The number of pyridine rings is 1. The Morgan fingerprint density at radius 3 is 2.80 bits per heavy atom. The monoisotopic (exact) mass is 273 g/mol. The van der Waals surface area contributed by atoms with Gasteiger partial charge in [-0.2, -0.15) is 0 Å². The quantitative estimate of drug-likeness (QED) is 0.870. The zero-order valence-corrected chi connectivity index (χ0v) is 10.9. The number of rotatable bonds is 4.